The zero-order valence-corrected chi connectivity index (χ0v) is 9.28. The Hall–Kier alpha value is -1.54. The van der Waals surface area contributed by atoms with Crippen LogP contribution in [-0.2, 0) is 0 Å². The number of hydrogen-bond donors (Lipinski definition) is 1. The van der Waals surface area contributed by atoms with Crippen LogP contribution in [0.4, 0.5) is 0 Å². The molecule has 2 nitrogen and oxygen atoms in total. The lowest BCUT2D eigenvalue weighted by Crippen LogP contribution is -1.84. The summed E-state index contributed by atoms with van der Waals surface area (Å²) in [6.07, 6.45) is 2.64. The Bertz CT molecular complexity index is 449. The molecule has 2 heteroatoms. The van der Waals surface area contributed by atoms with Gasteiger partial charge in [0.15, 0.2) is 0 Å². The molecule has 0 amide bonds. The van der Waals surface area contributed by atoms with Gasteiger partial charge in [-0.15, -0.1) is 0 Å². The van der Waals surface area contributed by atoms with Gasteiger partial charge >= 0.3 is 0 Å². The number of aliphatic hydroxyl groups excluding tert-OH is 1. The number of benzene rings is 1. The van der Waals surface area contributed by atoms with Crippen LogP contribution in [0.1, 0.15) is 25.0 Å². The predicted octanol–water partition coefficient (Wildman–Crippen LogP) is 3.61. The molecule has 0 fully saturated rings. The van der Waals surface area contributed by atoms with E-state index >= 15 is 0 Å². The monoisotopic (exact) mass is 216 g/mol. The lowest BCUT2D eigenvalue weighted by molar-refractivity contribution is 0.285. The largest absolute Gasteiger partial charge is 0.456 e. The summed E-state index contributed by atoms with van der Waals surface area (Å²) >= 11 is 0. The van der Waals surface area contributed by atoms with Gasteiger partial charge in [0.2, 0.25) is 0 Å². The minimum atomic E-state index is 0.243. The van der Waals surface area contributed by atoms with E-state index in [9.17, 15) is 0 Å². The van der Waals surface area contributed by atoms with E-state index in [4.69, 9.17) is 9.52 Å². The Morgan fingerprint density at radius 2 is 2.06 bits per heavy atom. The molecular weight excluding hydrogens is 200 g/mol. The van der Waals surface area contributed by atoms with Gasteiger partial charge in [0, 0.05) is 12.0 Å². The fourth-order valence-electron chi connectivity index (χ4n) is 1.73. The van der Waals surface area contributed by atoms with E-state index in [0.717, 1.165) is 41.6 Å². The lowest BCUT2D eigenvalue weighted by Gasteiger charge is -2.00. The topological polar surface area (TPSA) is 33.4 Å². The van der Waals surface area contributed by atoms with Crippen LogP contribution in [0.5, 0.6) is 0 Å². The summed E-state index contributed by atoms with van der Waals surface area (Å²) < 4.78 is 5.70. The highest BCUT2D eigenvalue weighted by atomic mass is 16.3. The Kier molecular flexibility index (Phi) is 3.42. The molecule has 1 aromatic carbocycles. The second-order valence-corrected chi connectivity index (χ2v) is 3.93. The molecule has 0 saturated heterocycles. The minimum absolute atomic E-state index is 0.243. The van der Waals surface area contributed by atoms with Gasteiger partial charge in [-0.2, -0.15) is 0 Å². The number of allylic oxidation sites excluding steroid dienone is 1. The second kappa shape index (κ2) is 4.99. The van der Waals surface area contributed by atoms with Crippen molar-refractivity contribution in [1.29, 1.82) is 0 Å². The van der Waals surface area contributed by atoms with Crippen LogP contribution >= 0.6 is 0 Å². The average Bonchev–Trinajstić information content (AvgIpc) is 2.73. The summed E-state index contributed by atoms with van der Waals surface area (Å²) in [6, 6.07) is 9.97. The Balaban J connectivity index is 2.11. The quantitative estimate of drug-likeness (QED) is 0.774. The smallest absolute Gasteiger partial charge is 0.134 e. The van der Waals surface area contributed by atoms with Crippen molar-refractivity contribution in [1.82, 2.24) is 0 Å². The van der Waals surface area contributed by atoms with Crippen LogP contribution in [0.15, 0.2) is 41.3 Å². The highest BCUT2D eigenvalue weighted by Crippen LogP contribution is 2.26. The molecule has 0 aliphatic carbocycles. The molecule has 0 radical (unpaired) electrons. The van der Waals surface area contributed by atoms with Gasteiger partial charge in [0.1, 0.15) is 11.3 Å². The molecule has 0 atom stereocenters. The van der Waals surface area contributed by atoms with E-state index in [0.29, 0.717) is 0 Å². The van der Waals surface area contributed by atoms with Crippen LogP contribution in [0.2, 0.25) is 0 Å². The molecule has 2 rings (SSSR count). The Morgan fingerprint density at radius 3 is 2.81 bits per heavy atom. The maximum absolute atomic E-state index is 8.71. The summed E-state index contributed by atoms with van der Waals surface area (Å²) in [6.45, 7) is 4.26. The van der Waals surface area contributed by atoms with E-state index in [1.54, 1.807) is 0 Å². The normalized spacial score (nSPS) is 10.8. The molecule has 2 aromatic rings. The van der Waals surface area contributed by atoms with Gasteiger partial charge in [0.05, 0.1) is 0 Å². The maximum atomic E-state index is 8.71. The second-order valence-electron chi connectivity index (χ2n) is 3.93. The molecule has 16 heavy (non-hydrogen) atoms. The third kappa shape index (κ3) is 2.34. The van der Waals surface area contributed by atoms with Crippen molar-refractivity contribution in [2.24, 2.45) is 0 Å². The molecule has 0 spiro atoms. The third-order valence-electron chi connectivity index (χ3n) is 2.66. The zero-order valence-electron chi connectivity index (χ0n) is 9.28. The summed E-state index contributed by atoms with van der Waals surface area (Å²) in [4.78, 5) is 0. The Morgan fingerprint density at radius 1 is 1.25 bits per heavy atom. The highest BCUT2D eigenvalue weighted by molar-refractivity contribution is 5.81. The number of aliphatic hydroxyl groups is 1. The lowest BCUT2D eigenvalue weighted by atomic mass is 10.1. The van der Waals surface area contributed by atoms with Crippen molar-refractivity contribution >= 4 is 16.5 Å². The number of fused-ring (bicyclic) bond motifs is 1. The van der Waals surface area contributed by atoms with Crippen molar-refractivity contribution in [2.75, 3.05) is 6.61 Å². The first-order chi connectivity index (χ1) is 7.81. The number of rotatable bonds is 5. The molecule has 0 unspecified atom stereocenters. The molecule has 1 N–H and O–H groups in total. The van der Waals surface area contributed by atoms with E-state index in [-0.39, 0.29) is 6.61 Å². The predicted molar refractivity (Wildman–Crippen MR) is 66.2 cm³/mol. The fraction of sp³-hybridized carbons (Fsp3) is 0.286. The van der Waals surface area contributed by atoms with E-state index in [1.165, 1.54) is 0 Å². The van der Waals surface area contributed by atoms with Crippen molar-refractivity contribution in [3.8, 4) is 0 Å². The van der Waals surface area contributed by atoms with Crippen molar-refractivity contribution in [3.05, 3.63) is 42.7 Å². The molecular formula is C14H16O2. The molecule has 0 bridgehead atoms. The van der Waals surface area contributed by atoms with Gasteiger partial charge < -0.3 is 9.52 Å². The molecule has 0 aliphatic rings. The highest BCUT2D eigenvalue weighted by Gasteiger charge is 2.06. The fourth-order valence-corrected chi connectivity index (χ4v) is 1.73. The van der Waals surface area contributed by atoms with Gasteiger partial charge in [-0.25, -0.2) is 0 Å². The van der Waals surface area contributed by atoms with Gasteiger partial charge in [-0.05, 0) is 37.0 Å². The van der Waals surface area contributed by atoms with Crippen LogP contribution in [0, 0.1) is 0 Å². The Labute approximate surface area is 95.2 Å². The summed E-state index contributed by atoms with van der Waals surface area (Å²) in [5.41, 5.74) is 1.91. The first kappa shape index (κ1) is 11.0. The zero-order chi connectivity index (χ0) is 11.4. The van der Waals surface area contributed by atoms with Crippen molar-refractivity contribution in [2.45, 2.75) is 19.3 Å². The van der Waals surface area contributed by atoms with Crippen LogP contribution in [0.25, 0.3) is 16.5 Å². The van der Waals surface area contributed by atoms with E-state index in [2.05, 4.69) is 6.58 Å². The molecule has 1 aromatic heterocycles. The average molecular weight is 216 g/mol. The number of hydrogen-bond acceptors (Lipinski definition) is 2. The van der Waals surface area contributed by atoms with E-state index in [1.807, 2.05) is 30.3 Å². The maximum Gasteiger partial charge on any atom is 0.134 e. The van der Waals surface area contributed by atoms with Gasteiger partial charge in [0.25, 0.3) is 0 Å². The van der Waals surface area contributed by atoms with Gasteiger partial charge in [-0.1, -0.05) is 24.8 Å². The number of furan rings is 1. The van der Waals surface area contributed by atoms with E-state index < -0.39 is 0 Å². The first-order valence-corrected chi connectivity index (χ1v) is 5.59. The standard InChI is InChI=1S/C14H16O2/c1-11(6-4-5-9-15)14-10-12-7-2-3-8-13(12)16-14/h2-3,7-8,10,15H,1,4-6,9H2. The molecule has 1 heterocycles. The summed E-state index contributed by atoms with van der Waals surface area (Å²) in [5, 5.41) is 9.82. The number of unbranched alkanes of at least 4 members (excludes halogenated alkanes) is 1. The number of para-hydroxylation sites is 1. The summed E-state index contributed by atoms with van der Waals surface area (Å²) in [5.74, 6) is 0.860. The molecule has 0 aliphatic heterocycles. The van der Waals surface area contributed by atoms with Gasteiger partial charge in [-0.3, -0.25) is 0 Å². The van der Waals surface area contributed by atoms with Crippen molar-refractivity contribution in [3.63, 3.8) is 0 Å². The summed E-state index contributed by atoms with van der Waals surface area (Å²) in [7, 11) is 0. The molecule has 84 valence electrons. The molecule has 0 saturated carbocycles. The SMILES string of the molecule is C=C(CCCCO)c1cc2ccccc2o1. The van der Waals surface area contributed by atoms with Crippen LogP contribution in [0.3, 0.4) is 0 Å². The van der Waals surface area contributed by atoms with Crippen molar-refractivity contribution < 1.29 is 9.52 Å². The van der Waals surface area contributed by atoms with Crippen LogP contribution < -0.4 is 0 Å². The van der Waals surface area contributed by atoms with Crippen LogP contribution in [-0.4, -0.2) is 11.7 Å². The first-order valence-electron chi connectivity index (χ1n) is 5.59. The third-order valence-corrected chi connectivity index (χ3v) is 2.66. The minimum Gasteiger partial charge on any atom is -0.456 e.